The second kappa shape index (κ2) is 7.87. The second-order valence-corrected chi connectivity index (χ2v) is 7.19. The zero-order valence-corrected chi connectivity index (χ0v) is 16.6. The van der Waals surface area contributed by atoms with Crippen LogP contribution in [0.25, 0.3) is 16.6 Å². The van der Waals surface area contributed by atoms with E-state index in [4.69, 9.17) is 0 Å². The molecule has 5 aromatic rings. The Morgan fingerprint density at radius 1 is 0.903 bits per heavy atom. The third kappa shape index (κ3) is 3.57. The maximum atomic E-state index is 13.4. The molecule has 31 heavy (non-hydrogen) atoms. The lowest BCUT2D eigenvalue weighted by Gasteiger charge is -2.23. The maximum absolute atomic E-state index is 13.4. The third-order valence-corrected chi connectivity index (χ3v) is 5.22. The van der Waals surface area contributed by atoms with Crippen molar-refractivity contribution in [3.05, 3.63) is 108 Å². The Balaban J connectivity index is 1.50. The first-order valence-electron chi connectivity index (χ1n) is 9.91. The highest BCUT2D eigenvalue weighted by Gasteiger charge is 2.19. The number of aromatic nitrogens is 4. The fourth-order valence-electron chi connectivity index (χ4n) is 3.65. The van der Waals surface area contributed by atoms with Gasteiger partial charge in [0.05, 0.1) is 35.7 Å². The number of benzene rings is 2. The van der Waals surface area contributed by atoms with Crippen molar-refractivity contribution in [3.63, 3.8) is 0 Å². The van der Waals surface area contributed by atoms with Crippen LogP contribution in [-0.2, 0) is 17.9 Å². The van der Waals surface area contributed by atoms with E-state index in [1.165, 1.54) is 10.9 Å². The predicted molar refractivity (Wildman–Crippen MR) is 119 cm³/mol. The number of hydrogen-bond donors (Lipinski definition) is 0. The molecule has 7 heteroatoms. The monoisotopic (exact) mass is 409 g/mol. The van der Waals surface area contributed by atoms with Crippen molar-refractivity contribution in [2.75, 3.05) is 4.90 Å². The summed E-state index contributed by atoms with van der Waals surface area (Å²) >= 11 is 0. The summed E-state index contributed by atoms with van der Waals surface area (Å²) in [7, 11) is 0. The van der Waals surface area contributed by atoms with Crippen LogP contribution in [0, 0.1) is 0 Å². The number of hydrogen-bond acceptors (Lipinski definition) is 4. The lowest BCUT2D eigenvalue weighted by atomic mass is 10.2. The van der Waals surface area contributed by atoms with Gasteiger partial charge in [-0.05, 0) is 36.4 Å². The van der Waals surface area contributed by atoms with Crippen LogP contribution >= 0.6 is 0 Å². The van der Waals surface area contributed by atoms with E-state index < -0.39 is 0 Å². The van der Waals surface area contributed by atoms with Crippen molar-refractivity contribution in [3.8, 4) is 0 Å². The molecule has 0 aliphatic rings. The van der Waals surface area contributed by atoms with Crippen molar-refractivity contribution in [1.29, 1.82) is 0 Å². The largest absolute Gasteiger partial charge is 0.305 e. The van der Waals surface area contributed by atoms with Crippen LogP contribution in [0.15, 0.2) is 96.3 Å². The first kappa shape index (κ1) is 18.7. The van der Waals surface area contributed by atoms with Gasteiger partial charge in [-0.15, -0.1) is 0 Å². The van der Waals surface area contributed by atoms with E-state index in [2.05, 4.69) is 9.97 Å². The van der Waals surface area contributed by atoms with E-state index in [-0.39, 0.29) is 18.0 Å². The molecule has 0 aliphatic carbocycles. The minimum absolute atomic E-state index is 0.109. The van der Waals surface area contributed by atoms with Gasteiger partial charge in [-0.1, -0.05) is 36.4 Å². The minimum Gasteiger partial charge on any atom is -0.305 e. The van der Waals surface area contributed by atoms with Crippen molar-refractivity contribution in [2.24, 2.45) is 0 Å². The summed E-state index contributed by atoms with van der Waals surface area (Å²) < 4.78 is 3.31. The van der Waals surface area contributed by atoms with Crippen LogP contribution in [0.4, 0.5) is 5.69 Å². The molecule has 3 aromatic heterocycles. The van der Waals surface area contributed by atoms with Gasteiger partial charge in [-0.25, -0.2) is 9.97 Å². The number of imidazole rings is 1. The molecule has 0 saturated carbocycles. The van der Waals surface area contributed by atoms with Gasteiger partial charge < -0.3 is 9.30 Å². The maximum Gasteiger partial charge on any atom is 0.261 e. The lowest BCUT2D eigenvalue weighted by Crippen LogP contribution is -2.36. The molecule has 0 N–H and O–H groups in total. The summed E-state index contributed by atoms with van der Waals surface area (Å²) in [6.07, 6.45) is 5.12. The summed E-state index contributed by atoms with van der Waals surface area (Å²) in [5, 5.41) is 0.492. The molecule has 0 atom stereocenters. The zero-order valence-electron chi connectivity index (χ0n) is 16.6. The minimum atomic E-state index is -0.234. The average molecular weight is 409 g/mol. The van der Waals surface area contributed by atoms with E-state index in [1.807, 2.05) is 65.2 Å². The highest BCUT2D eigenvalue weighted by molar-refractivity contribution is 5.93. The van der Waals surface area contributed by atoms with Gasteiger partial charge in [0.1, 0.15) is 12.2 Å². The van der Waals surface area contributed by atoms with Gasteiger partial charge in [0.15, 0.2) is 0 Å². The lowest BCUT2D eigenvalue weighted by molar-refractivity contribution is -0.119. The van der Waals surface area contributed by atoms with E-state index in [1.54, 1.807) is 29.3 Å². The molecule has 0 bridgehead atoms. The van der Waals surface area contributed by atoms with Crippen molar-refractivity contribution < 1.29 is 4.79 Å². The summed E-state index contributed by atoms with van der Waals surface area (Å²) in [5.74, 6) is -0.212. The number of anilines is 1. The molecule has 0 radical (unpaired) electrons. The summed E-state index contributed by atoms with van der Waals surface area (Å²) in [6.45, 7) is 0.214. The molecule has 0 spiro atoms. The van der Waals surface area contributed by atoms with Crippen LogP contribution in [0.5, 0.6) is 0 Å². The van der Waals surface area contributed by atoms with Crippen molar-refractivity contribution in [2.45, 2.75) is 13.1 Å². The summed E-state index contributed by atoms with van der Waals surface area (Å²) in [5.41, 5.74) is 2.81. The number of carbonyl (C=O) groups is 1. The van der Waals surface area contributed by atoms with Gasteiger partial charge >= 0.3 is 0 Å². The Kier molecular flexibility index (Phi) is 4.76. The first-order chi connectivity index (χ1) is 15.2. The number of pyridine rings is 1. The second-order valence-electron chi connectivity index (χ2n) is 7.19. The Morgan fingerprint density at radius 3 is 2.55 bits per heavy atom. The van der Waals surface area contributed by atoms with Gasteiger partial charge in [0, 0.05) is 11.9 Å². The van der Waals surface area contributed by atoms with Crippen LogP contribution in [0.2, 0.25) is 0 Å². The van der Waals surface area contributed by atoms with Gasteiger partial charge in [0.25, 0.3) is 5.56 Å². The highest BCUT2D eigenvalue weighted by Crippen LogP contribution is 2.18. The summed E-state index contributed by atoms with van der Waals surface area (Å²) in [6, 6.07) is 22.3. The SMILES string of the molecule is O=C(Cn1cnc2ccccc2c1=O)N(Cc1cnc2ccccn12)c1ccccc1. The predicted octanol–water partition coefficient (Wildman–Crippen LogP) is 3.28. The van der Waals surface area contributed by atoms with E-state index in [0.717, 1.165) is 17.0 Å². The number of rotatable bonds is 5. The third-order valence-electron chi connectivity index (χ3n) is 5.22. The van der Waals surface area contributed by atoms with Crippen molar-refractivity contribution >= 4 is 28.1 Å². The smallest absolute Gasteiger partial charge is 0.261 e. The molecule has 0 saturated heterocycles. The first-order valence-corrected chi connectivity index (χ1v) is 9.91. The van der Waals surface area contributed by atoms with Crippen LogP contribution in [0.1, 0.15) is 5.69 Å². The molecular weight excluding hydrogens is 390 g/mol. The topological polar surface area (TPSA) is 72.5 Å². The molecule has 3 heterocycles. The number of carbonyl (C=O) groups excluding carboxylic acids is 1. The Labute approximate surface area is 177 Å². The van der Waals surface area contributed by atoms with E-state index in [0.29, 0.717) is 17.4 Å². The number of nitrogens with zero attached hydrogens (tertiary/aromatic N) is 5. The molecule has 0 unspecified atom stereocenters. The fourth-order valence-corrected chi connectivity index (χ4v) is 3.65. The molecule has 152 valence electrons. The molecular formula is C24H19N5O2. The summed E-state index contributed by atoms with van der Waals surface area (Å²) in [4.78, 5) is 36.6. The number of amides is 1. The van der Waals surface area contributed by atoms with Crippen LogP contribution in [-0.4, -0.2) is 24.8 Å². The molecule has 5 rings (SSSR count). The van der Waals surface area contributed by atoms with Crippen molar-refractivity contribution in [1.82, 2.24) is 18.9 Å². The van der Waals surface area contributed by atoms with Gasteiger partial charge in [0.2, 0.25) is 5.91 Å². The number of para-hydroxylation sites is 2. The molecule has 1 amide bonds. The fraction of sp³-hybridized carbons (Fsp3) is 0.0833. The Bertz CT molecular complexity index is 1440. The molecule has 0 aliphatic heterocycles. The molecule has 7 nitrogen and oxygen atoms in total. The van der Waals surface area contributed by atoms with Crippen LogP contribution in [0.3, 0.4) is 0 Å². The van der Waals surface area contributed by atoms with Gasteiger partial charge in [-0.2, -0.15) is 0 Å². The van der Waals surface area contributed by atoms with E-state index >= 15 is 0 Å². The Hall–Kier alpha value is -4.26. The van der Waals surface area contributed by atoms with Crippen LogP contribution < -0.4 is 10.5 Å². The average Bonchev–Trinajstić information content (AvgIpc) is 3.23. The Morgan fingerprint density at radius 2 is 1.68 bits per heavy atom. The quantitative estimate of drug-likeness (QED) is 0.447. The zero-order chi connectivity index (χ0) is 21.2. The number of fused-ring (bicyclic) bond motifs is 2. The standard InChI is InChI=1S/C24H19N5O2/c30-23(16-27-17-26-21-11-5-4-10-20(21)24(27)31)29(18-8-2-1-3-9-18)15-19-14-25-22-12-6-7-13-28(19)22/h1-14,17H,15-16H2. The van der Waals surface area contributed by atoms with E-state index in [9.17, 15) is 9.59 Å². The highest BCUT2D eigenvalue weighted by atomic mass is 16.2. The normalized spacial score (nSPS) is 11.1. The molecule has 0 fully saturated rings. The van der Waals surface area contributed by atoms with Gasteiger partial charge in [-0.3, -0.25) is 14.2 Å². The molecule has 2 aromatic carbocycles.